The van der Waals surface area contributed by atoms with Gasteiger partial charge in [-0.3, -0.25) is 4.79 Å². The highest BCUT2D eigenvalue weighted by atomic mass is 16.4. The summed E-state index contributed by atoms with van der Waals surface area (Å²) < 4.78 is 0. The number of carboxylic acids is 1. The summed E-state index contributed by atoms with van der Waals surface area (Å²) in [6.07, 6.45) is 9.55. The third kappa shape index (κ3) is 3.50. The number of nitrogens with one attached hydrogen (secondary N) is 2. The summed E-state index contributed by atoms with van der Waals surface area (Å²) in [5, 5.41) is 15.2. The molecule has 5 heteroatoms. The number of aliphatic carboxylic acids is 1. The number of hydrogen-bond acceptors (Lipinski definition) is 2. The van der Waals surface area contributed by atoms with Crippen LogP contribution in [0.4, 0.5) is 4.79 Å². The monoisotopic (exact) mass is 294 g/mol. The Hall–Kier alpha value is -1.26. The fraction of sp³-hybridized carbons (Fsp3) is 0.875. The Bertz CT molecular complexity index is 416. The molecule has 21 heavy (non-hydrogen) atoms. The lowest BCUT2D eigenvalue weighted by Gasteiger charge is -2.24. The highest BCUT2D eigenvalue weighted by Crippen LogP contribution is 2.60. The fourth-order valence-corrected chi connectivity index (χ4v) is 3.84. The first-order chi connectivity index (χ1) is 10.1. The third-order valence-electron chi connectivity index (χ3n) is 5.59. The van der Waals surface area contributed by atoms with Gasteiger partial charge in [0.2, 0.25) is 0 Å². The molecule has 3 aliphatic carbocycles. The van der Waals surface area contributed by atoms with E-state index in [1.54, 1.807) is 0 Å². The first-order valence-corrected chi connectivity index (χ1v) is 8.38. The van der Waals surface area contributed by atoms with E-state index < -0.39 is 11.9 Å². The van der Waals surface area contributed by atoms with Gasteiger partial charge in [0.15, 0.2) is 0 Å². The van der Waals surface area contributed by atoms with Crippen LogP contribution in [0.3, 0.4) is 0 Å². The Morgan fingerprint density at radius 3 is 2.38 bits per heavy atom. The van der Waals surface area contributed by atoms with E-state index in [0.717, 1.165) is 38.1 Å². The highest BCUT2D eigenvalue weighted by molar-refractivity contribution is 5.76. The van der Waals surface area contributed by atoms with Crippen LogP contribution < -0.4 is 10.6 Å². The quantitative estimate of drug-likeness (QED) is 0.682. The minimum absolute atomic E-state index is 0.180. The Labute approximate surface area is 125 Å². The van der Waals surface area contributed by atoms with Gasteiger partial charge in [0.1, 0.15) is 0 Å². The van der Waals surface area contributed by atoms with Gasteiger partial charge >= 0.3 is 12.0 Å². The Balaban J connectivity index is 1.49. The molecule has 0 radical (unpaired) electrons. The normalized spacial score (nSPS) is 31.0. The molecule has 0 aliphatic heterocycles. The van der Waals surface area contributed by atoms with Gasteiger partial charge in [0.25, 0.3) is 0 Å². The molecule has 118 valence electrons. The predicted molar refractivity (Wildman–Crippen MR) is 78.9 cm³/mol. The zero-order valence-electron chi connectivity index (χ0n) is 12.6. The largest absolute Gasteiger partial charge is 0.481 e. The van der Waals surface area contributed by atoms with E-state index >= 15 is 0 Å². The molecule has 2 atom stereocenters. The van der Waals surface area contributed by atoms with E-state index in [4.69, 9.17) is 0 Å². The third-order valence-corrected chi connectivity index (χ3v) is 5.59. The van der Waals surface area contributed by atoms with Crippen LogP contribution in [0.2, 0.25) is 0 Å². The lowest BCUT2D eigenvalue weighted by molar-refractivity contribution is -0.142. The maximum absolute atomic E-state index is 12.1. The molecule has 5 nitrogen and oxygen atoms in total. The Kier molecular flexibility index (Phi) is 4.09. The zero-order chi connectivity index (χ0) is 14.9. The smallest absolute Gasteiger partial charge is 0.315 e. The topological polar surface area (TPSA) is 78.4 Å². The molecule has 2 amide bonds. The Morgan fingerprint density at radius 1 is 1.05 bits per heavy atom. The molecule has 0 heterocycles. The van der Waals surface area contributed by atoms with Crippen molar-refractivity contribution < 1.29 is 14.7 Å². The minimum atomic E-state index is -0.779. The van der Waals surface area contributed by atoms with Gasteiger partial charge in [-0.25, -0.2) is 4.79 Å². The molecule has 3 rings (SSSR count). The summed E-state index contributed by atoms with van der Waals surface area (Å²) in [5.74, 6) is -0.391. The van der Waals surface area contributed by atoms with Crippen molar-refractivity contribution in [1.29, 1.82) is 0 Å². The van der Waals surface area contributed by atoms with Crippen LogP contribution in [-0.2, 0) is 4.79 Å². The van der Waals surface area contributed by atoms with Crippen molar-refractivity contribution in [2.24, 2.45) is 17.3 Å². The molecule has 0 aromatic carbocycles. The van der Waals surface area contributed by atoms with Crippen LogP contribution >= 0.6 is 0 Å². The number of rotatable bonds is 5. The molecule has 0 saturated heterocycles. The van der Waals surface area contributed by atoms with Crippen molar-refractivity contribution in [3.63, 3.8) is 0 Å². The summed E-state index contributed by atoms with van der Waals surface area (Å²) in [6, 6.07) is -0.402. The minimum Gasteiger partial charge on any atom is -0.481 e. The summed E-state index contributed by atoms with van der Waals surface area (Å²) in [4.78, 5) is 23.4. The van der Waals surface area contributed by atoms with E-state index in [9.17, 15) is 14.7 Å². The first kappa shape index (κ1) is 14.7. The molecular weight excluding hydrogens is 268 g/mol. The van der Waals surface area contributed by atoms with Crippen molar-refractivity contribution in [1.82, 2.24) is 10.6 Å². The van der Waals surface area contributed by atoms with Gasteiger partial charge < -0.3 is 15.7 Å². The second-order valence-corrected chi connectivity index (χ2v) is 7.15. The molecule has 3 saturated carbocycles. The van der Waals surface area contributed by atoms with Crippen LogP contribution in [0.5, 0.6) is 0 Å². The molecule has 3 N–H and O–H groups in total. The number of hydrogen-bond donors (Lipinski definition) is 3. The summed E-state index contributed by atoms with van der Waals surface area (Å²) in [6.45, 7) is 0.758. The molecule has 0 bridgehead atoms. The predicted octanol–water partition coefficient (Wildman–Crippen LogP) is 2.51. The average Bonchev–Trinajstić information content (AvgIpc) is 3.29. The molecule has 0 spiro atoms. The molecule has 0 aromatic rings. The lowest BCUT2D eigenvalue weighted by atomic mass is 9.95. The molecule has 3 aliphatic rings. The van der Waals surface area contributed by atoms with Crippen LogP contribution in [0.15, 0.2) is 0 Å². The van der Waals surface area contributed by atoms with Crippen molar-refractivity contribution in [3.8, 4) is 0 Å². The number of carboxylic acid groups (broad SMARTS) is 1. The second-order valence-electron chi connectivity index (χ2n) is 7.15. The van der Waals surface area contributed by atoms with Crippen molar-refractivity contribution in [2.75, 3.05) is 6.54 Å². The van der Waals surface area contributed by atoms with Crippen LogP contribution in [0.1, 0.15) is 57.8 Å². The maximum Gasteiger partial charge on any atom is 0.315 e. The second kappa shape index (κ2) is 5.85. The Morgan fingerprint density at radius 2 is 1.76 bits per heavy atom. The first-order valence-electron chi connectivity index (χ1n) is 8.38. The molecule has 2 unspecified atom stereocenters. The zero-order valence-corrected chi connectivity index (χ0v) is 12.6. The summed E-state index contributed by atoms with van der Waals surface area (Å²) in [7, 11) is 0. The number of urea groups is 1. The van der Waals surface area contributed by atoms with E-state index in [-0.39, 0.29) is 12.1 Å². The molecule has 3 fully saturated rings. The van der Waals surface area contributed by atoms with E-state index in [1.807, 2.05) is 0 Å². The van der Waals surface area contributed by atoms with Gasteiger partial charge in [0.05, 0.1) is 5.92 Å². The van der Waals surface area contributed by atoms with Crippen molar-refractivity contribution in [3.05, 3.63) is 0 Å². The number of amides is 2. The van der Waals surface area contributed by atoms with Gasteiger partial charge in [-0.2, -0.15) is 0 Å². The number of carbonyl (C=O) groups is 2. The van der Waals surface area contributed by atoms with E-state index in [2.05, 4.69) is 10.6 Å². The molecular formula is C16H26N2O3. The SMILES string of the molecule is O=C(NCC1(C2CC2)CC1)NC1CCCCCC1C(=O)O. The van der Waals surface area contributed by atoms with Crippen LogP contribution in [-0.4, -0.2) is 29.7 Å². The highest BCUT2D eigenvalue weighted by Gasteiger charge is 2.53. The standard InChI is InChI=1S/C16H26N2O3/c19-14(20)12-4-2-1-3-5-13(12)18-15(21)17-10-16(8-9-16)11-6-7-11/h11-13H,1-10H2,(H,19,20)(H2,17,18,21). The molecule has 0 aromatic heterocycles. The van der Waals surface area contributed by atoms with E-state index in [0.29, 0.717) is 11.8 Å². The maximum atomic E-state index is 12.1. The van der Waals surface area contributed by atoms with Gasteiger partial charge in [0, 0.05) is 12.6 Å². The summed E-state index contributed by atoms with van der Waals surface area (Å²) in [5.41, 5.74) is 0.382. The van der Waals surface area contributed by atoms with Gasteiger partial charge in [-0.05, 0) is 49.9 Å². The van der Waals surface area contributed by atoms with Crippen LogP contribution in [0.25, 0.3) is 0 Å². The van der Waals surface area contributed by atoms with Crippen molar-refractivity contribution in [2.45, 2.75) is 63.8 Å². The van der Waals surface area contributed by atoms with Crippen LogP contribution in [0, 0.1) is 17.3 Å². The summed E-state index contributed by atoms with van der Waals surface area (Å²) >= 11 is 0. The average molecular weight is 294 g/mol. The fourth-order valence-electron chi connectivity index (χ4n) is 3.84. The van der Waals surface area contributed by atoms with Gasteiger partial charge in [-0.15, -0.1) is 0 Å². The van der Waals surface area contributed by atoms with Crippen molar-refractivity contribution >= 4 is 12.0 Å². The number of carbonyl (C=O) groups excluding carboxylic acids is 1. The van der Waals surface area contributed by atoms with E-state index in [1.165, 1.54) is 25.7 Å². The van der Waals surface area contributed by atoms with Gasteiger partial charge in [-0.1, -0.05) is 19.3 Å². The lowest BCUT2D eigenvalue weighted by Crippen LogP contribution is -2.48.